The Morgan fingerprint density at radius 2 is 2.05 bits per heavy atom. The van der Waals surface area contributed by atoms with E-state index in [1.54, 1.807) is 6.07 Å². The molecule has 0 spiro atoms. The van der Waals surface area contributed by atoms with Crippen molar-refractivity contribution in [2.75, 3.05) is 4.72 Å². The summed E-state index contributed by atoms with van der Waals surface area (Å²) in [6.45, 7) is 0. The molecule has 5 nitrogen and oxygen atoms in total. The monoisotopic (exact) mass is 349 g/mol. The van der Waals surface area contributed by atoms with Crippen molar-refractivity contribution in [1.29, 1.82) is 0 Å². The minimum Gasteiger partial charge on any atom is -0.478 e. The number of hydrogen-bond acceptors (Lipinski definition) is 3. The molecule has 0 radical (unpaired) electrons. The molecule has 2 N–H and O–H groups in total. The highest BCUT2D eigenvalue weighted by Crippen LogP contribution is 2.32. The molecule has 0 amide bonds. The first kappa shape index (κ1) is 16.1. The van der Waals surface area contributed by atoms with Crippen LogP contribution in [0.1, 0.15) is 19.3 Å². The first-order chi connectivity index (χ1) is 9.83. The minimum absolute atomic E-state index is 0.0828. The van der Waals surface area contributed by atoms with Gasteiger partial charge in [0.1, 0.15) is 5.25 Å². The number of benzene rings is 1. The van der Waals surface area contributed by atoms with Gasteiger partial charge in [-0.2, -0.15) is 0 Å². The normalized spacial score (nSPS) is 19.0. The molecule has 21 heavy (non-hydrogen) atoms. The Bertz CT molecular complexity index is 700. The Kier molecular flexibility index (Phi) is 4.81. The number of nitrogens with one attached hydrogen (secondary N) is 1. The molecule has 0 saturated heterocycles. The summed E-state index contributed by atoms with van der Waals surface area (Å²) in [7, 11) is -3.91. The van der Waals surface area contributed by atoms with Gasteiger partial charge in [0.2, 0.25) is 10.0 Å². The Morgan fingerprint density at radius 1 is 1.33 bits per heavy atom. The SMILES string of the molecule is O=C(O)C1=CCCCC1S(=O)(=O)Nc1cccc(Cl)c1Cl. The van der Waals surface area contributed by atoms with E-state index in [1.165, 1.54) is 18.2 Å². The second-order valence-electron chi connectivity index (χ2n) is 4.63. The second-order valence-corrected chi connectivity index (χ2v) is 7.28. The van der Waals surface area contributed by atoms with Crippen molar-refractivity contribution in [2.45, 2.75) is 24.5 Å². The first-order valence-corrected chi connectivity index (χ1v) is 8.52. The number of carbonyl (C=O) groups is 1. The molecule has 2 rings (SSSR count). The zero-order valence-electron chi connectivity index (χ0n) is 10.8. The summed E-state index contributed by atoms with van der Waals surface area (Å²) in [5.41, 5.74) is 0.0337. The van der Waals surface area contributed by atoms with Crippen molar-refractivity contribution in [3.05, 3.63) is 39.9 Å². The highest BCUT2D eigenvalue weighted by Gasteiger charge is 2.34. The summed E-state index contributed by atoms with van der Waals surface area (Å²) in [6.07, 6.45) is 2.89. The Balaban J connectivity index is 2.34. The third-order valence-electron chi connectivity index (χ3n) is 3.21. The van der Waals surface area contributed by atoms with E-state index in [0.29, 0.717) is 12.8 Å². The van der Waals surface area contributed by atoms with E-state index in [9.17, 15) is 13.2 Å². The quantitative estimate of drug-likeness (QED) is 0.873. The maximum absolute atomic E-state index is 12.4. The van der Waals surface area contributed by atoms with Gasteiger partial charge in [0.05, 0.1) is 21.3 Å². The zero-order chi connectivity index (χ0) is 15.6. The molecule has 0 bridgehead atoms. The van der Waals surface area contributed by atoms with E-state index in [4.69, 9.17) is 28.3 Å². The van der Waals surface area contributed by atoms with Crippen LogP contribution in [0.2, 0.25) is 10.0 Å². The van der Waals surface area contributed by atoms with Gasteiger partial charge < -0.3 is 5.11 Å². The number of carboxylic acid groups (broad SMARTS) is 1. The molecule has 114 valence electrons. The van der Waals surface area contributed by atoms with E-state index in [1.807, 2.05) is 0 Å². The van der Waals surface area contributed by atoms with Crippen molar-refractivity contribution in [3.63, 3.8) is 0 Å². The number of allylic oxidation sites excluding steroid dienone is 1. The van der Waals surface area contributed by atoms with Gasteiger partial charge in [0.25, 0.3) is 0 Å². The Hall–Kier alpha value is -1.24. The summed E-state index contributed by atoms with van der Waals surface area (Å²) in [5.74, 6) is -1.22. The van der Waals surface area contributed by atoms with Crippen LogP contribution >= 0.6 is 23.2 Å². The zero-order valence-corrected chi connectivity index (χ0v) is 13.2. The predicted octanol–water partition coefficient (Wildman–Crippen LogP) is 3.30. The fourth-order valence-electron chi connectivity index (χ4n) is 2.20. The molecule has 0 saturated carbocycles. The lowest BCUT2D eigenvalue weighted by atomic mass is 9.99. The maximum atomic E-state index is 12.4. The third kappa shape index (κ3) is 3.51. The van der Waals surface area contributed by atoms with Gasteiger partial charge in [-0.1, -0.05) is 35.3 Å². The summed E-state index contributed by atoms with van der Waals surface area (Å²) in [5, 5.41) is 8.33. The number of carboxylic acids is 1. The van der Waals surface area contributed by atoms with Crippen LogP contribution in [0, 0.1) is 0 Å². The summed E-state index contributed by atoms with van der Waals surface area (Å²) in [4.78, 5) is 11.2. The van der Waals surface area contributed by atoms with Gasteiger partial charge in [-0.05, 0) is 31.4 Å². The van der Waals surface area contributed by atoms with E-state index in [2.05, 4.69) is 4.72 Å². The highest BCUT2D eigenvalue weighted by atomic mass is 35.5. The van der Waals surface area contributed by atoms with Gasteiger partial charge in [0.15, 0.2) is 0 Å². The van der Waals surface area contributed by atoms with Gasteiger partial charge in [-0.15, -0.1) is 0 Å². The second kappa shape index (κ2) is 6.25. The van der Waals surface area contributed by atoms with Gasteiger partial charge in [0, 0.05) is 0 Å². The largest absolute Gasteiger partial charge is 0.478 e. The van der Waals surface area contributed by atoms with E-state index in [-0.39, 0.29) is 27.7 Å². The van der Waals surface area contributed by atoms with Gasteiger partial charge in [-0.3, -0.25) is 4.72 Å². The first-order valence-electron chi connectivity index (χ1n) is 6.22. The Labute approximate surface area is 132 Å². The van der Waals surface area contributed by atoms with Crippen LogP contribution in [-0.2, 0) is 14.8 Å². The van der Waals surface area contributed by atoms with Crippen LogP contribution < -0.4 is 4.72 Å². The van der Waals surface area contributed by atoms with Gasteiger partial charge >= 0.3 is 5.97 Å². The van der Waals surface area contributed by atoms with Crippen molar-refractivity contribution in [3.8, 4) is 0 Å². The van der Waals surface area contributed by atoms with E-state index < -0.39 is 21.2 Å². The number of rotatable bonds is 4. The number of aliphatic carboxylic acids is 1. The molecule has 0 fully saturated rings. The van der Waals surface area contributed by atoms with Crippen molar-refractivity contribution >= 4 is 44.9 Å². The molecule has 1 aromatic carbocycles. The van der Waals surface area contributed by atoms with Crippen LogP contribution in [0.25, 0.3) is 0 Å². The van der Waals surface area contributed by atoms with E-state index >= 15 is 0 Å². The lowest BCUT2D eigenvalue weighted by molar-refractivity contribution is -0.132. The van der Waals surface area contributed by atoms with Crippen molar-refractivity contribution in [2.24, 2.45) is 0 Å². The number of hydrogen-bond donors (Lipinski definition) is 2. The molecule has 0 aromatic heterocycles. The summed E-state index contributed by atoms with van der Waals surface area (Å²) in [6, 6.07) is 4.56. The molecule has 1 aliphatic rings. The smallest absolute Gasteiger partial charge is 0.332 e. The van der Waals surface area contributed by atoms with Gasteiger partial charge in [-0.25, -0.2) is 13.2 Å². The van der Waals surface area contributed by atoms with E-state index in [0.717, 1.165) is 0 Å². The number of halogens is 2. The van der Waals surface area contributed by atoms with Crippen LogP contribution in [0.4, 0.5) is 5.69 Å². The minimum atomic E-state index is -3.91. The molecular formula is C13H13Cl2NO4S. The molecule has 1 unspecified atom stereocenters. The molecule has 1 aromatic rings. The molecule has 8 heteroatoms. The molecule has 1 aliphatic carbocycles. The Morgan fingerprint density at radius 3 is 2.71 bits per heavy atom. The van der Waals surface area contributed by atoms with Crippen LogP contribution in [0.3, 0.4) is 0 Å². The lowest BCUT2D eigenvalue weighted by Gasteiger charge is -2.22. The molecule has 0 aliphatic heterocycles. The number of anilines is 1. The fourth-order valence-corrected chi connectivity index (χ4v) is 4.23. The summed E-state index contributed by atoms with van der Waals surface area (Å²) < 4.78 is 27.2. The highest BCUT2D eigenvalue weighted by molar-refractivity contribution is 7.93. The lowest BCUT2D eigenvalue weighted by Crippen LogP contribution is -2.34. The average Bonchev–Trinajstić information content (AvgIpc) is 2.44. The van der Waals surface area contributed by atoms with Crippen molar-refractivity contribution < 1.29 is 18.3 Å². The third-order valence-corrected chi connectivity index (χ3v) is 5.77. The summed E-state index contributed by atoms with van der Waals surface area (Å²) >= 11 is 11.8. The average molecular weight is 350 g/mol. The van der Waals surface area contributed by atoms with Crippen LogP contribution in [-0.4, -0.2) is 24.7 Å². The van der Waals surface area contributed by atoms with Crippen LogP contribution in [0.5, 0.6) is 0 Å². The van der Waals surface area contributed by atoms with Crippen molar-refractivity contribution in [1.82, 2.24) is 0 Å². The molecule has 1 atom stereocenters. The fraction of sp³-hybridized carbons (Fsp3) is 0.308. The molecule has 0 heterocycles. The maximum Gasteiger partial charge on any atom is 0.332 e. The standard InChI is InChI=1S/C13H13Cl2NO4S/c14-9-5-3-6-10(12(9)15)16-21(19,20)11-7-2-1-4-8(11)13(17)18/h3-6,11,16H,1-2,7H2,(H,17,18). The topological polar surface area (TPSA) is 83.5 Å². The number of sulfonamides is 1. The van der Waals surface area contributed by atoms with Crippen LogP contribution in [0.15, 0.2) is 29.8 Å². The molecular weight excluding hydrogens is 337 g/mol. The predicted molar refractivity (Wildman–Crippen MR) is 82.4 cm³/mol.